The van der Waals surface area contributed by atoms with Gasteiger partial charge in [0.25, 0.3) is 0 Å². The fourth-order valence-electron chi connectivity index (χ4n) is 3.26. The van der Waals surface area contributed by atoms with Gasteiger partial charge in [0.15, 0.2) is 5.79 Å². The third-order valence-electron chi connectivity index (χ3n) is 4.66. The van der Waals surface area contributed by atoms with Crippen LogP contribution in [0.15, 0.2) is 0 Å². The van der Waals surface area contributed by atoms with E-state index < -0.39 is 0 Å². The van der Waals surface area contributed by atoms with E-state index in [0.29, 0.717) is 6.04 Å². The Kier molecular flexibility index (Phi) is 6.06. The minimum atomic E-state index is -0.201. The number of hydrogen-bond acceptors (Lipinski definition) is 4. The molecular formula is C17H34N2O2. The van der Waals surface area contributed by atoms with Gasteiger partial charge in [-0.15, -0.1) is 0 Å². The molecule has 1 atom stereocenters. The maximum absolute atomic E-state index is 5.79. The molecule has 2 rings (SSSR count). The zero-order chi connectivity index (χ0) is 15.3. The van der Waals surface area contributed by atoms with Crippen molar-refractivity contribution in [1.82, 2.24) is 10.6 Å². The topological polar surface area (TPSA) is 42.5 Å². The lowest BCUT2D eigenvalue weighted by Crippen LogP contribution is -2.45. The molecular weight excluding hydrogens is 264 g/mol. The summed E-state index contributed by atoms with van der Waals surface area (Å²) in [5.74, 6) is 0.632. The van der Waals surface area contributed by atoms with Crippen molar-refractivity contribution in [2.75, 3.05) is 26.3 Å². The van der Waals surface area contributed by atoms with Crippen LogP contribution in [-0.4, -0.2) is 43.7 Å². The Bertz CT molecular complexity index is 298. The molecule has 1 spiro atoms. The normalized spacial score (nSPS) is 24.6. The van der Waals surface area contributed by atoms with Gasteiger partial charge < -0.3 is 20.1 Å². The second-order valence-corrected chi connectivity index (χ2v) is 7.83. The zero-order valence-corrected chi connectivity index (χ0v) is 14.3. The van der Waals surface area contributed by atoms with Crippen LogP contribution in [0.4, 0.5) is 0 Å². The molecule has 4 heteroatoms. The molecule has 124 valence electrons. The van der Waals surface area contributed by atoms with Gasteiger partial charge in [0, 0.05) is 31.0 Å². The predicted octanol–water partition coefficient (Wildman–Crippen LogP) is 2.68. The van der Waals surface area contributed by atoms with E-state index in [1.807, 2.05) is 0 Å². The SMILES string of the molecule is CC(CNC(C)(C)C)NCCC1CCC2(CC1)OCCO2. The van der Waals surface area contributed by atoms with Crippen molar-refractivity contribution < 1.29 is 9.47 Å². The van der Waals surface area contributed by atoms with Crippen LogP contribution in [0.1, 0.15) is 59.8 Å². The lowest BCUT2D eigenvalue weighted by atomic mass is 9.83. The van der Waals surface area contributed by atoms with E-state index in [1.165, 1.54) is 19.3 Å². The summed E-state index contributed by atoms with van der Waals surface area (Å²) < 4.78 is 11.6. The van der Waals surface area contributed by atoms with Crippen LogP contribution in [0, 0.1) is 5.92 Å². The summed E-state index contributed by atoms with van der Waals surface area (Å²) in [6.07, 6.45) is 5.93. The number of ether oxygens (including phenoxy) is 2. The van der Waals surface area contributed by atoms with Crippen molar-refractivity contribution in [1.29, 1.82) is 0 Å². The van der Waals surface area contributed by atoms with E-state index in [4.69, 9.17) is 9.47 Å². The highest BCUT2D eigenvalue weighted by Gasteiger charge is 2.39. The standard InChI is InChI=1S/C17H34N2O2/c1-14(13-19-16(2,3)4)18-10-7-15-5-8-17(9-6-15)20-11-12-21-17/h14-15,18-19H,5-13H2,1-4H3. The van der Waals surface area contributed by atoms with Gasteiger partial charge >= 0.3 is 0 Å². The second-order valence-electron chi connectivity index (χ2n) is 7.83. The first-order valence-corrected chi connectivity index (χ1v) is 8.65. The molecule has 2 N–H and O–H groups in total. The Labute approximate surface area is 130 Å². The average molecular weight is 298 g/mol. The molecule has 1 heterocycles. The van der Waals surface area contributed by atoms with Gasteiger partial charge in [-0.05, 0) is 59.4 Å². The summed E-state index contributed by atoms with van der Waals surface area (Å²) >= 11 is 0. The fourth-order valence-corrected chi connectivity index (χ4v) is 3.26. The van der Waals surface area contributed by atoms with Crippen LogP contribution < -0.4 is 10.6 Å². The van der Waals surface area contributed by atoms with Crippen molar-refractivity contribution in [3.05, 3.63) is 0 Å². The lowest BCUT2D eigenvalue weighted by molar-refractivity contribution is -0.182. The Hall–Kier alpha value is -0.160. The molecule has 1 saturated heterocycles. The molecule has 0 bridgehead atoms. The molecule has 0 aromatic rings. The van der Waals surface area contributed by atoms with E-state index in [0.717, 1.165) is 45.1 Å². The van der Waals surface area contributed by atoms with Crippen LogP contribution in [0.2, 0.25) is 0 Å². The van der Waals surface area contributed by atoms with Crippen LogP contribution >= 0.6 is 0 Å². The van der Waals surface area contributed by atoms with Crippen LogP contribution in [0.25, 0.3) is 0 Å². The Morgan fingerprint density at radius 3 is 2.33 bits per heavy atom. The minimum absolute atomic E-state index is 0.201. The van der Waals surface area contributed by atoms with E-state index in [2.05, 4.69) is 38.3 Å². The maximum Gasteiger partial charge on any atom is 0.168 e. The molecule has 4 nitrogen and oxygen atoms in total. The van der Waals surface area contributed by atoms with Crippen molar-refractivity contribution in [3.63, 3.8) is 0 Å². The van der Waals surface area contributed by atoms with E-state index in [-0.39, 0.29) is 11.3 Å². The van der Waals surface area contributed by atoms with Crippen LogP contribution in [0.3, 0.4) is 0 Å². The third-order valence-corrected chi connectivity index (χ3v) is 4.66. The molecule has 21 heavy (non-hydrogen) atoms. The molecule has 1 unspecified atom stereocenters. The highest BCUT2D eigenvalue weighted by molar-refractivity contribution is 4.83. The smallest absolute Gasteiger partial charge is 0.168 e. The maximum atomic E-state index is 5.79. The first kappa shape index (κ1) is 17.2. The van der Waals surface area contributed by atoms with Gasteiger partial charge in [0.2, 0.25) is 0 Å². The fraction of sp³-hybridized carbons (Fsp3) is 1.00. The van der Waals surface area contributed by atoms with E-state index in [1.54, 1.807) is 0 Å². The molecule has 1 aliphatic carbocycles. The molecule has 0 amide bonds. The summed E-state index contributed by atoms with van der Waals surface area (Å²) in [4.78, 5) is 0. The van der Waals surface area contributed by atoms with E-state index >= 15 is 0 Å². The number of rotatable bonds is 6. The van der Waals surface area contributed by atoms with Gasteiger partial charge in [0.05, 0.1) is 13.2 Å². The second kappa shape index (κ2) is 7.40. The molecule has 0 aromatic carbocycles. The van der Waals surface area contributed by atoms with Crippen molar-refractivity contribution in [2.24, 2.45) is 5.92 Å². The van der Waals surface area contributed by atoms with Crippen LogP contribution in [0.5, 0.6) is 0 Å². The average Bonchev–Trinajstić information content (AvgIpc) is 2.87. The summed E-state index contributed by atoms with van der Waals surface area (Å²) in [6, 6.07) is 0.528. The van der Waals surface area contributed by atoms with Crippen molar-refractivity contribution >= 4 is 0 Å². The number of nitrogens with one attached hydrogen (secondary N) is 2. The Morgan fingerprint density at radius 2 is 1.76 bits per heavy atom. The largest absolute Gasteiger partial charge is 0.348 e. The third kappa shape index (κ3) is 5.85. The van der Waals surface area contributed by atoms with Gasteiger partial charge in [-0.25, -0.2) is 0 Å². The zero-order valence-electron chi connectivity index (χ0n) is 14.3. The predicted molar refractivity (Wildman–Crippen MR) is 86.4 cm³/mol. The Morgan fingerprint density at radius 1 is 1.14 bits per heavy atom. The number of hydrogen-bond donors (Lipinski definition) is 2. The van der Waals surface area contributed by atoms with Gasteiger partial charge in [0.1, 0.15) is 0 Å². The molecule has 1 aliphatic heterocycles. The quantitative estimate of drug-likeness (QED) is 0.791. The molecule has 2 aliphatic rings. The van der Waals surface area contributed by atoms with Crippen molar-refractivity contribution in [2.45, 2.75) is 77.2 Å². The van der Waals surface area contributed by atoms with E-state index in [9.17, 15) is 0 Å². The van der Waals surface area contributed by atoms with Gasteiger partial charge in [-0.3, -0.25) is 0 Å². The Balaban J connectivity index is 1.55. The summed E-state index contributed by atoms with van der Waals surface area (Å²) in [7, 11) is 0. The summed E-state index contributed by atoms with van der Waals surface area (Å²) in [6.45, 7) is 12.6. The molecule has 0 radical (unpaired) electrons. The van der Waals surface area contributed by atoms with Crippen LogP contribution in [-0.2, 0) is 9.47 Å². The monoisotopic (exact) mass is 298 g/mol. The first-order valence-electron chi connectivity index (χ1n) is 8.65. The summed E-state index contributed by atoms with van der Waals surface area (Å²) in [5.41, 5.74) is 0.203. The minimum Gasteiger partial charge on any atom is -0.348 e. The van der Waals surface area contributed by atoms with Gasteiger partial charge in [-0.2, -0.15) is 0 Å². The molecule has 2 fully saturated rings. The van der Waals surface area contributed by atoms with Crippen molar-refractivity contribution in [3.8, 4) is 0 Å². The summed E-state index contributed by atoms with van der Waals surface area (Å²) in [5, 5.41) is 7.19. The lowest BCUT2D eigenvalue weighted by Gasteiger charge is -2.35. The molecule has 0 aromatic heterocycles. The molecule has 1 saturated carbocycles. The first-order chi connectivity index (χ1) is 9.89. The van der Waals surface area contributed by atoms with Gasteiger partial charge in [-0.1, -0.05) is 0 Å². The highest BCUT2D eigenvalue weighted by Crippen LogP contribution is 2.39. The highest BCUT2D eigenvalue weighted by atomic mass is 16.7.